The Hall–Kier alpha value is -1.89. The molecular formula is C15H17BrFN5O4S. The summed E-state index contributed by atoms with van der Waals surface area (Å²) in [5, 5.41) is -0.0101. The molecular weight excluding hydrogens is 445 g/mol. The molecule has 0 aliphatic carbocycles. The first-order valence-corrected chi connectivity index (χ1v) is 10.2. The van der Waals surface area contributed by atoms with Gasteiger partial charge >= 0.3 is 0 Å². The molecule has 3 rings (SSSR count). The van der Waals surface area contributed by atoms with Crippen molar-refractivity contribution in [2.24, 2.45) is 0 Å². The number of pyridine rings is 1. The van der Waals surface area contributed by atoms with Gasteiger partial charge in [-0.3, -0.25) is 9.59 Å². The van der Waals surface area contributed by atoms with Gasteiger partial charge in [-0.15, -0.1) is 0 Å². The standard InChI is InChI=1S/C15H17BrFN5O4S/c1-20(2)27(25,26)22-5-3-21(4-6-22)15(24)13(23)9-7-18-12-11(9)10(17)8-19-14(12)16/h7-8,18H,3-6H2,1-2H3. The lowest BCUT2D eigenvalue weighted by Crippen LogP contribution is -2.54. The number of amides is 1. The molecule has 0 unspecified atom stereocenters. The highest BCUT2D eigenvalue weighted by atomic mass is 79.9. The zero-order chi connectivity index (χ0) is 19.9. The first-order chi connectivity index (χ1) is 12.6. The lowest BCUT2D eigenvalue weighted by atomic mass is 10.1. The zero-order valence-electron chi connectivity index (χ0n) is 14.6. The predicted octanol–water partition coefficient (Wildman–Crippen LogP) is 0.598. The normalized spacial score (nSPS) is 16.3. The topological polar surface area (TPSA) is 107 Å². The fourth-order valence-corrected chi connectivity index (χ4v) is 4.37. The van der Waals surface area contributed by atoms with Crippen LogP contribution >= 0.6 is 15.9 Å². The number of piperazine rings is 1. The number of hydrogen-bond donors (Lipinski definition) is 1. The van der Waals surface area contributed by atoms with E-state index in [2.05, 4.69) is 25.9 Å². The molecule has 1 fully saturated rings. The van der Waals surface area contributed by atoms with Gasteiger partial charge in [0.1, 0.15) is 4.60 Å². The highest BCUT2D eigenvalue weighted by molar-refractivity contribution is 9.10. The molecule has 1 aliphatic heterocycles. The molecule has 0 atom stereocenters. The van der Waals surface area contributed by atoms with E-state index in [4.69, 9.17) is 0 Å². The predicted molar refractivity (Wildman–Crippen MR) is 98.8 cm³/mol. The number of hydrogen-bond acceptors (Lipinski definition) is 5. The second-order valence-electron chi connectivity index (χ2n) is 6.16. The van der Waals surface area contributed by atoms with Crippen LogP contribution in [0.3, 0.4) is 0 Å². The number of aromatic amines is 1. The number of nitrogens with one attached hydrogen (secondary N) is 1. The van der Waals surface area contributed by atoms with Gasteiger partial charge < -0.3 is 9.88 Å². The quantitative estimate of drug-likeness (QED) is 0.407. The Kier molecular flexibility index (Phi) is 5.34. The van der Waals surface area contributed by atoms with Gasteiger partial charge in [0.05, 0.1) is 22.7 Å². The van der Waals surface area contributed by atoms with Crippen molar-refractivity contribution >= 4 is 48.7 Å². The highest BCUT2D eigenvalue weighted by Crippen LogP contribution is 2.27. The largest absolute Gasteiger partial charge is 0.358 e. The van der Waals surface area contributed by atoms with Gasteiger partial charge in [0.15, 0.2) is 5.82 Å². The third kappa shape index (κ3) is 3.49. The van der Waals surface area contributed by atoms with Gasteiger partial charge in [-0.1, -0.05) is 0 Å². The smallest absolute Gasteiger partial charge is 0.295 e. The third-order valence-corrected chi connectivity index (χ3v) is 6.91. The Morgan fingerprint density at radius 2 is 1.89 bits per heavy atom. The number of fused-ring (bicyclic) bond motifs is 1. The zero-order valence-corrected chi connectivity index (χ0v) is 17.0. The molecule has 9 nitrogen and oxygen atoms in total. The van der Waals surface area contributed by atoms with Crippen molar-refractivity contribution in [1.29, 1.82) is 0 Å². The maximum absolute atomic E-state index is 14.1. The molecule has 0 saturated carbocycles. The van der Waals surface area contributed by atoms with E-state index in [1.54, 1.807) is 0 Å². The molecule has 0 radical (unpaired) electrons. The monoisotopic (exact) mass is 461 g/mol. The number of rotatable bonds is 4. The molecule has 2 aromatic rings. The van der Waals surface area contributed by atoms with Gasteiger partial charge in [0, 0.05) is 46.5 Å². The van der Waals surface area contributed by atoms with E-state index in [9.17, 15) is 22.4 Å². The molecule has 2 aromatic heterocycles. The Morgan fingerprint density at radius 3 is 2.48 bits per heavy atom. The van der Waals surface area contributed by atoms with E-state index in [1.165, 1.54) is 29.5 Å². The van der Waals surface area contributed by atoms with Crippen LogP contribution in [0.1, 0.15) is 10.4 Å². The molecule has 146 valence electrons. The summed E-state index contributed by atoms with van der Waals surface area (Å²) in [6.07, 6.45) is 2.24. The molecule has 12 heteroatoms. The highest BCUT2D eigenvalue weighted by Gasteiger charge is 2.33. The first kappa shape index (κ1) is 19.9. The minimum absolute atomic E-state index is 0.0101. The summed E-state index contributed by atoms with van der Waals surface area (Å²) >= 11 is 3.16. The van der Waals surface area contributed by atoms with Crippen molar-refractivity contribution in [2.45, 2.75) is 0 Å². The summed E-state index contributed by atoms with van der Waals surface area (Å²) in [5.74, 6) is -2.38. The second-order valence-corrected chi connectivity index (χ2v) is 9.05. The van der Waals surface area contributed by atoms with E-state index >= 15 is 0 Å². The van der Waals surface area contributed by atoms with Crippen LogP contribution in [0.5, 0.6) is 0 Å². The summed E-state index contributed by atoms with van der Waals surface area (Å²) in [5.41, 5.74) is 0.201. The van der Waals surface area contributed by atoms with Crippen molar-refractivity contribution in [2.75, 3.05) is 40.3 Å². The summed E-state index contributed by atoms with van der Waals surface area (Å²) in [6.45, 7) is 0.315. The maximum atomic E-state index is 14.1. The number of carbonyl (C=O) groups is 2. The molecule has 1 aliphatic rings. The average molecular weight is 462 g/mol. The van der Waals surface area contributed by atoms with E-state index < -0.39 is 27.7 Å². The van der Waals surface area contributed by atoms with Gasteiger partial charge in [-0.2, -0.15) is 17.0 Å². The van der Waals surface area contributed by atoms with Gasteiger partial charge in [0.2, 0.25) is 0 Å². The van der Waals surface area contributed by atoms with E-state index in [0.29, 0.717) is 4.60 Å². The Labute approximate surface area is 163 Å². The Morgan fingerprint density at radius 1 is 1.26 bits per heavy atom. The van der Waals surface area contributed by atoms with Crippen LogP contribution in [0.4, 0.5) is 4.39 Å². The number of carbonyl (C=O) groups excluding carboxylic acids is 2. The molecule has 1 saturated heterocycles. The number of ketones is 1. The molecule has 27 heavy (non-hydrogen) atoms. The minimum Gasteiger partial charge on any atom is -0.358 e. The van der Waals surface area contributed by atoms with E-state index in [1.807, 2.05) is 0 Å². The fraction of sp³-hybridized carbons (Fsp3) is 0.400. The first-order valence-electron chi connectivity index (χ1n) is 7.97. The molecule has 1 amide bonds. The summed E-state index contributed by atoms with van der Waals surface area (Å²) < 4.78 is 41.0. The van der Waals surface area contributed by atoms with Crippen LogP contribution in [-0.2, 0) is 15.0 Å². The van der Waals surface area contributed by atoms with E-state index in [0.717, 1.165) is 10.5 Å². The lowest BCUT2D eigenvalue weighted by molar-refractivity contribution is -0.127. The minimum atomic E-state index is -3.57. The number of H-pyrrole nitrogens is 1. The van der Waals surface area contributed by atoms with Gasteiger partial charge in [-0.25, -0.2) is 9.37 Å². The van der Waals surface area contributed by atoms with Gasteiger partial charge in [-0.05, 0) is 15.9 Å². The maximum Gasteiger partial charge on any atom is 0.295 e. The van der Waals surface area contributed by atoms with Crippen LogP contribution in [0.2, 0.25) is 0 Å². The van der Waals surface area contributed by atoms with Crippen molar-refractivity contribution in [3.05, 3.63) is 28.4 Å². The number of halogens is 2. The molecule has 0 spiro atoms. The summed E-state index contributed by atoms with van der Waals surface area (Å²) in [4.78, 5) is 33.0. The van der Waals surface area contributed by atoms with Crippen molar-refractivity contribution in [1.82, 2.24) is 23.5 Å². The Bertz CT molecular complexity index is 1010. The molecule has 1 N–H and O–H groups in total. The van der Waals surface area contributed by atoms with Crippen molar-refractivity contribution in [3.8, 4) is 0 Å². The van der Waals surface area contributed by atoms with Crippen molar-refractivity contribution < 1.29 is 22.4 Å². The second kappa shape index (κ2) is 7.26. The third-order valence-electron chi connectivity index (χ3n) is 4.37. The molecule has 0 bridgehead atoms. The van der Waals surface area contributed by atoms with Crippen LogP contribution in [0.15, 0.2) is 17.0 Å². The van der Waals surface area contributed by atoms with Crippen molar-refractivity contribution in [3.63, 3.8) is 0 Å². The van der Waals surface area contributed by atoms with Gasteiger partial charge in [0.25, 0.3) is 21.9 Å². The SMILES string of the molecule is CN(C)S(=O)(=O)N1CCN(C(=O)C(=O)c2c[nH]c3c(Br)ncc(F)c23)CC1. The molecule has 0 aromatic carbocycles. The average Bonchev–Trinajstić information content (AvgIpc) is 3.10. The van der Waals surface area contributed by atoms with Crippen LogP contribution < -0.4 is 0 Å². The fourth-order valence-electron chi connectivity index (χ4n) is 2.87. The van der Waals surface area contributed by atoms with Crippen LogP contribution in [-0.4, -0.2) is 83.9 Å². The van der Waals surface area contributed by atoms with Crippen LogP contribution in [0, 0.1) is 5.82 Å². The summed E-state index contributed by atoms with van der Waals surface area (Å²) in [7, 11) is -0.724. The van der Waals surface area contributed by atoms with Crippen LogP contribution in [0.25, 0.3) is 10.9 Å². The Balaban J connectivity index is 1.78. The molecule has 3 heterocycles. The summed E-state index contributed by atoms with van der Waals surface area (Å²) in [6, 6.07) is 0. The lowest BCUT2D eigenvalue weighted by Gasteiger charge is -2.34. The number of aromatic nitrogens is 2. The number of Topliss-reactive ketones (excluding diaryl/α,β-unsaturated/α-hetero) is 1. The number of nitrogens with zero attached hydrogens (tertiary/aromatic N) is 4. The van der Waals surface area contributed by atoms with E-state index in [-0.39, 0.29) is 42.6 Å².